The molecular formula is C9H14F2N4O. The van der Waals surface area contributed by atoms with Crippen LogP contribution in [-0.4, -0.2) is 29.1 Å². The average molecular weight is 232 g/mol. The second kappa shape index (κ2) is 5.43. The van der Waals surface area contributed by atoms with Crippen molar-refractivity contribution in [2.75, 3.05) is 12.3 Å². The van der Waals surface area contributed by atoms with Crippen LogP contribution in [-0.2, 0) is 6.42 Å². The molecule has 0 unspecified atom stereocenters. The van der Waals surface area contributed by atoms with Gasteiger partial charge in [-0.15, -0.1) is 0 Å². The summed E-state index contributed by atoms with van der Waals surface area (Å²) in [6.45, 7) is 1.26. The van der Waals surface area contributed by atoms with Crippen molar-refractivity contribution in [3.63, 3.8) is 0 Å². The van der Waals surface area contributed by atoms with E-state index in [2.05, 4.69) is 10.2 Å². The molecule has 1 aromatic heterocycles. The van der Waals surface area contributed by atoms with Gasteiger partial charge >= 0.3 is 0 Å². The molecule has 0 saturated heterocycles. The van der Waals surface area contributed by atoms with E-state index in [4.69, 9.17) is 5.73 Å². The third kappa shape index (κ3) is 2.91. The van der Waals surface area contributed by atoms with Crippen LogP contribution in [0.5, 0.6) is 0 Å². The van der Waals surface area contributed by atoms with E-state index in [0.29, 0.717) is 12.1 Å². The molecule has 5 nitrogen and oxygen atoms in total. The van der Waals surface area contributed by atoms with Crippen molar-refractivity contribution in [1.82, 2.24) is 15.5 Å². The maximum atomic E-state index is 11.9. The van der Waals surface area contributed by atoms with Crippen LogP contribution in [0.4, 0.5) is 14.5 Å². The number of nitrogens with one attached hydrogen (secondary N) is 2. The van der Waals surface area contributed by atoms with Gasteiger partial charge in [0.05, 0.1) is 17.9 Å². The molecule has 0 fully saturated rings. The number of hydrogen-bond donors (Lipinski definition) is 3. The lowest BCUT2D eigenvalue weighted by Crippen LogP contribution is -2.29. The van der Waals surface area contributed by atoms with Gasteiger partial charge in [0.15, 0.2) is 5.69 Å². The number of nitrogen functional groups attached to an aromatic ring is 1. The van der Waals surface area contributed by atoms with Crippen molar-refractivity contribution in [3.8, 4) is 0 Å². The third-order valence-electron chi connectivity index (χ3n) is 2.01. The lowest BCUT2D eigenvalue weighted by Gasteiger charge is -2.02. The van der Waals surface area contributed by atoms with Gasteiger partial charge in [-0.3, -0.25) is 9.89 Å². The van der Waals surface area contributed by atoms with Gasteiger partial charge < -0.3 is 11.1 Å². The molecule has 0 spiro atoms. The Kier molecular flexibility index (Phi) is 4.21. The van der Waals surface area contributed by atoms with Gasteiger partial charge in [0.1, 0.15) is 0 Å². The summed E-state index contributed by atoms with van der Waals surface area (Å²) < 4.78 is 23.7. The van der Waals surface area contributed by atoms with Crippen molar-refractivity contribution in [2.24, 2.45) is 0 Å². The molecule has 4 N–H and O–H groups in total. The topological polar surface area (TPSA) is 83.8 Å². The summed E-state index contributed by atoms with van der Waals surface area (Å²) in [6.07, 6.45) is -1.06. The Morgan fingerprint density at radius 2 is 2.31 bits per heavy atom. The maximum Gasteiger partial charge on any atom is 0.274 e. The molecule has 0 radical (unpaired) electrons. The van der Waals surface area contributed by atoms with E-state index in [9.17, 15) is 13.6 Å². The number of aromatic amines is 1. The molecule has 0 aliphatic heterocycles. The molecule has 1 aromatic rings. The number of carbonyl (C=O) groups is 1. The highest BCUT2D eigenvalue weighted by Gasteiger charge is 2.17. The standard InChI is InChI=1S/C9H14F2N4O/c1-2-3-5-7(12)8(15-14-5)9(16)13-4-6(10)11/h6H,2-4,12H2,1H3,(H,13,16)(H,14,15). The zero-order valence-corrected chi connectivity index (χ0v) is 8.89. The van der Waals surface area contributed by atoms with Gasteiger partial charge in [-0.2, -0.15) is 5.10 Å². The number of H-pyrrole nitrogens is 1. The minimum Gasteiger partial charge on any atom is -0.395 e. The molecule has 0 atom stereocenters. The smallest absolute Gasteiger partial charge is 0.274 e. The predicted molar refractivity (Wildman–Crippen MR) is 55.3 cm³/mol. The number of nitrogens with two attached hydrogens (primary N) is 1. The largest absolute Gasteiger partial charge is 0.395 e. The zero-order chi connectivity index (χ0) is 12.1. The minimum absolute atomic E-state index is 0.0240. The Labute approximate surface area is 91.4 Å². The quantitative estimate of drug-likeness (QED) is 0.706. The molecule has 0 aliphatic carbocycles. The minimum atomic E-state index is -2.58. The maximum absolute atomic E-state index is 11.9. The van der Waals surface area contributed by atoms with E-state index in [1.807, 2.05) is 12.2 Å². The molecule has 0 saturated carbocycles. The number of aromatic nitrogens is 2. The molecular weight excluding hydrogens is 218 g/mol. The van der Waals surface area contributed by atoms with Gasteiger partial charge in [0, 0.05) is 0 Å². The fourth-order valence-corrected chi connectivity index (χ4v) is 1.25. The third-order valence-corrected chi connectivity index (χ3v) is 2.01. The van der Waals surface area contributed by atoms with Crippen LogP contribution >= 0.6 is 0 Å². The van der Waals surface area contributed by atoms with Gasteiger partial charge in [-0.05, 0) is 6.42 Å². The second-order valence-corrected chi connectivity index (χ2v) is 3.32. The number of amides is 1. The fourth-order valence-electron chi connectivity index (χ4n) is 1.25. The average Bonchev–Trinajstić information content (AvgIpc) is 2.58. The highest BCUT2D eigenvalue weighted by molar-refractivity contribution is 5.97. The predicted octanol–water partition coefficient (Wildman–Crippen LogP) is 0.939. The molecule has 90 valence electrons. The Balaban J connectivity index is 2.69. The summed E-state index contributed by atoms with van der Waals surface area (Å²) in [4.78, 5) is 11.4. The van der Waals surface area contributed by atoms with Gasteiger partial charge in [-0.1, -0.05) is 13.3 Å². The first-order valence-corrected chi connectivity index (χ1v) is 4.95. The van der Waals surface area contributed by atoms with E-state index < -0.39 is 18.9 Å². The number of nitrogens with zero attached hydrogens (tertiary/aromatic N) is 1. The van der Waals surface area contributed by atoms with Crippen LogP contribution < -0.4 is 11.1 Å². The van der Waals surface area contributed by atoms with Crippen LogP contribution in [0, 0.1) is 0 Å². The molecule has 16 heavy (non-hydrogen) atoms. The van der Waals surface area contributed by atoms with Crippen LogP contribution in [0.1, 0.15) is 29.5 Å². The Morgan fingerprint density at radius 3 is 2.88 bits per heavy atom. The Hall–Kier alpha value is -1.66. The first kappa shape index (κ1) is 12.4. The SMILES string of the molecule is CCCc1[nH]nc(C(=O)NCC(F)F)c1N. The van der Waals surface area contributed by atoms with Gasteiger partial charge in [-0.25, -0.2) is 8.78 Å². The first-order valence-electron chi connectivity index (χ1n) is 4.95. The molecule has 0 aliphatic rings. The molecule has 0 aromatic carbocycles. The van der Waals surface area contributed by atoms with E-state index in [1.54, 1.807) is 0 Å². The number of alkyl halides is 2. The lowest BCUT2D eigenvalue weighted by molar-refractivity contribution is 0.0887. The van der Waals surface area contributed by atoms with E-state index in [-0.39, 0.29) is 11.4 Å². The monoisotopic (exact) mass is 232 g/mol. The van der Waals surface area contributed by atoms with Crippen molar-refractivity contribution >= 4 is 11.6 Å². The highest BCUT2D eigenvalue weighted by atomic mass is 19.3. The highest BCUT2D eigenvalue weighted by Crippen LogP contribution is 2.15. The van der Waals surface area contributed by atoms with Crippen molar-refractivity contribution in [3.05, 3.63) is 11.4 Å². The molecule has 1 rings (SSSR count). The zero-order valence-electron chi connectivity index (χ0n) is 8.89. The van der Waals surface area contributed by atoms with Crippen molar-refractivity contribution < 1.29 is 13.6 Å². The number of rotatable bonds is 5. The number of hydrogen-bond acceptors (Lipinski definition) is 3. The molecule has 1 amide bonds. The van der Waals surface area contributed by atoms with E-state index in [1.165, 1.54) is 0 Å². The Bertz CT molecular complexity index is 364. The first-order chi connectivity index (χ1) is 7.56. The number of aryl methyl sites for hydroxylation is 1. The van der Waals surface area contributed by atoms with E-state index >= 15 is 0 Å². The van der Waals surface area contributed by atoms with Crippen LogP contribution in [0.15, 0.2) is 0 Å². The van der Waals surface area contributed by atoms with Crippen molar-refractivity contribution in [2.45, 2.75) is 26.2 Å². The summed E-state index contributed by atoms with van der Waals surface area (Å²) in [5.74, 6) is -0.684. The summed E-state index contributed by atoms with van der Waals surface area (Å²) in [6, 6.07) is 0. The molecule has 1 heterocycles. The number of carbonyl (C=O) groups excluding carboxylic acids is 1. The van der Waals surface area contributed by atoms with Crippen molar-refractivity contribution in [1.29, 1.82) is 0 Å². The van der Waals surface area contributed by atoms with Gasteiger partial charge in [0.2, 0.25) is 0 Å². The van der Waals surface area contributed by atoms with Crippen LogP contribution in [0.2, 0.25) is 0 Å². The van der Waals surface area contributed by atoms with Crippen LogP contribution in [0.25, 0.3) is 0 Å². The number of anilines is 1. The molecule has 0 bridgehead atoms. The summed E-state index contributed by atoms with van der Waals surface area (Å²) in [5.41, 5.74) is 6.52. The second-order valence-electron chi connectivity index (χ2n) is 3.32. The number of halogens is 2. The molecule has 7 heteroatoms. The fraction of sp³-hybridized carbons (Fsp3) is 0.556. The van der Waals surface area contributed by atoms with Crippen LogP contribution in [0.3, 0.4) is 0 Å². The Morgan fingerprint density at radius 1 is 1.62 bits per heavy atom. The summed E-state index contributed by atoms with van der Waals surface area (Å²) >= 11 is 0. The lowest BCUT2D eigenvalue weighted by atomic mass is 10.2. The van der Waals surface area contributed by atoms with Gasteiger partial charge in [0.25, 0.3) is 12.3 Å². The normalized spacial score (nSPS) is 10.8. The summed E-state index contributed by atoms with van der Waals surface area (Å²) in [7, 11) is 0. The summed E-state index contributed by atoms with van der Waals surface area (Å²) in [5, 5.41) is 8.37. The van der Waals surface area contributed by atoms with E-state index in [0.717, 1.165) is 6.42 Å².